The molecular formula is C11H11FN2O. The number of hydrogen-bond donors (Lipinski definition) is 2. The van der Waals surface area contributed by atoms with Crippen LogP contribution in [0.2, 0.25) is 0 Å². The lowest BCUT2D eigenvalue weighted by atomic mass is 10.1. The number of rotatable bonds is 2. The van der Waals surface area contributed by atoms with Gasteiger partial charge in [0.05, 0.1) is 12.1 Å². The number of amides is 1. The molecule has 15 heavy (non-hydrogen) atoms. The van der Waals surface area contributed by atoms with Crippen molar-refractivity contribution in [2.24, 2.45) is 0 Å². The summed E-state index contributed by atoms with van der Waals surface area (Å²) in [4.78, 5) is 11.4. The second-order valence-corrected chi connectivity index (χ2v) is 3.09. The molecule has 0 unspecified atom stereocenters. The largest absolute Gasteiger partial charge is 0.399 e. The van der Waals surface area contributed by atoms with Gasteiger partial charge in [-0.05, 0) is 24.6 Å². The summed E-state index contributed by atoms with van der Waals surface area (Å²) in [6.07, 6.45) is 4.97. The van der Waals surface area contributed by atoms with E-state index in [4.69, 9.17) is 12.2 Å². The normalized spacial score (nSPS) is 9.40. The number of halogens is 1. The van der Waals surface area contributed by atoms with Crippen LogP contribution in [0.3, 0.4) is 0 Å². The summed E-state index contributed by atoms with van der Waals surface area (Å²) < 4.78 is 13.5. The van der Waals surface area contributed by atoms with Gasteiger partial charge in [0.2, 0.25) is 0 Å². The first-order valence-electron chi connectivity index (χ1n) is 4.33. The molecule has 1 aromatic carbocycles. The molecule has 0 atom stereocenters. The molecule has 0 aliphatic rings. The Morgan fingerprint density at radius 2 is 2.33 bits per heavy atom. The van der Waals surface area contributed by atoms with E-state index in [0.717, 1.165) is 0 Å². The highest BCUT2D eigenvalue weighted by Crippen LogP contribution is 2.16. The smallest absolute Gasteiger partial charge is 0.255 e. The minimum Gasteiger partial charge on any atom is -0.399 e. The zero-order chi connectivity index (χ0) is 11.4. The minimum absolute atomic E-state index is 0.0616. The van der Waals surface area contributed by atoms with Crippen molar-refractivity contribution < 1.29 is 9.18 Å². The molecule has 1 rings (SSSR count). The lowest BCUT2D eigenvalue weighted by molar-refractivity contribution is 0.0954. The Balaban J connectivity index is 3.04. The maximum Gasteiger partial charge on any atom is 0.255 e. The second kappa shape index (κ2) is 4.47. The first-order valence-corrected chi connectivity index (χ1v) is 4.33. The molecule has 0 spiro atoms. The Labute approximate surface area is 87.5 Å². The van der Waals surface area contributed by atoms with Gasteiger partial charge < -0.3 is 11.1 Å². The molecule has 0 bridgehead atoms. The second-order valence-electron chi connectivity index (χ2n) is 3.09. The average molecular weight is 206 g/mol. The molecule has 3 N–H and O–H groups in total. The summed E-state index contributed by atoms with van der Waals surface area (Å²) in [6.45, 7) is 1.61. The summed E-state index contributed by atoms with van der Waals surface area (Å²) in [5.41, 5.74) is 6.11. The number of carbonyl (C=O) groups excluding carboxylic acids is 1. The van der Waals surface area contributed by atoms with Crippen LogP contribution in [0.4, 0.5) is 10.1 Å². The lowest BCUT2D eigenvalue weighted by Gasteiger charge is -2.06. The summed E-state index contributed by atoms with van der Waals surface area (Å²) in [6, 6.07) is 2.75. The van der Waals surface area contributed by atoms with E-state index < -0.39 is 11.7 Å². The number of terminal acetylenes is 1. The van der Waals surface area contributed by atoms with Gasteiger partial charge in [-0.3, -0.25) is 4.79 Å². The summed E-state index contributed by atoms with van der Waals surface area (Å²) in [7, 11) is 0. The molecule has 0 saturated carbocycles. The fraction of sp³-hybridized carbons (Fsp3) is 0.182. The van der Waals surface area contributed by atoms with Crippen LogP contribution in [0, 0.1) is 25.1 Å². The van der Waals surface area contributed by atoms with Crippen molar-refractivity contribution in [3.8, 4) is 12.3 Å². The number of aryl methyl sites for hydroxylation is 1. The van der Waals surface area contributed by atoms with E-state index in [1.54, 1.807) is 6.92 Å². The molecule has 0 aliphatic carbocycles. The summed E-state index contributed by atoms with van der Waals surface area (Å²) >= 11 is 0. The summed E-state index contributed by atoms with van der Waals surface area (Å²) in [5.74, 6) is 1.11. The topological polar surface area (TPSA) is 55.1 Å². The molecule has 0 heterocycles. The molecule has 3 nitrogen and oxygen atoms in total. The van der Waals surface area contributed by atoms with Gasteiger partial charge in [-0.25, -0.2) is 4.39 Å². The van der Waals surface area contributed by atoms with Gasteiger partial charge in [0.15, 0.2) is 0 Å². The van der Waals surface area contributed by atoms with Crippen LogP contribution in [0.5, 0.6) is 0 Å². The molecule has 0 aromatic heterocycles. The molecule has 1 amide bonds. The maximum absolute atomic E-state index is 13.5. The van der Waals surface area contributed by atoms with Gasteiger partial charge in [0.1, 0.15) is 5.82 Å². The Morgan fingerprint density at radius 1 is 1.67 bits per heavy atom. The van der Waals surface area contributed by atoms with Crippen LogP contribution in [0.15, 0.2) is 12.1 Å². The Bertz CT molecular complexity index is 435. The van der Waals surface area contributed by atoms with E-state index >= 15 is 0 Å². The molecular weight excluding hydrogens is 195 g/mol. The first-order chi connectivity index (χ1) is 7.06. The van der Waals surface area contributed by atoms with E-state index in [1.165, 1.54) is 12.1 Å². The van der Waals surface area contributed by atoms with E-state index in [2.05, 4.69) is 11.2 Å². The zero-order valence-electron chi connectivity index (χ0n) is 8.30. The van der Waals surface area contributed by atoms with Crippen LogP contribution in [0.25, 0.3) is 0 Å². The van der Waals surface area contributed by atoms with Crippen LogP contribution >= 0.6 is 0 Å². The Hall–Kier alpha value is -2.02. The first kappa shape index (κ1) is 11.1. The average Bonchev–Trinajstić information content (AvgIpc) is 2.19. The molecule has 4 heteroatoms. The molecule has 0 aliphatic heterocycles. The highest BCUT2D eigenvalue weighted by Gasteiger charge is 2.13. The van der Waals surface area contributed by atoms with Gasteiger partial charge in [0, 0.05) is 5.69 Å². The van der Waals surface area contributed by atoms with Crippen molar-refractivity contribution in [2.75, 3.05) is 12.3 Å². The summed E-state index contributed by atoms with van der Waals surface area (Å²) in [5, 5.41) is 2.37. The minimum atomic E-state index is -0.571. The van der Waals surface area contributed by atoms with Crippen LogP contribution in [-0.4, -0.2) is 12.5 Å². The third-order valence-electron chi connectivity index (χ3n) is 1.87. The predicted octanol–water partition coefficient (Wildman–Crippen LogP) is 1.08. The fourth-order valence-electron chi connectivity index (χ4n) is 1.19. The quantitative estimate of drug-likeness (QED) is 0.562. The van der Waals surface area contributed by atoms with Gasteiger partial charge in [-0.15, -0.1) is 6.42 Å². The van der Waals surface area contributed by atoms with Crippen molar-refractivity contribution in [3.63, 3.8) is 0 Å². The molecule has 0 fully saturated rings. The predicted molar refractivity (Wildman–Crippen MR) is 56.7 cm³/mol. The highest BCUT2D eigenvalue weighted by atomic mass is 19.1. The zero-order valence-corrected chi connectivity index (χ0v) is 8.30. The van der Waals surface area contributed by atoms with Crippen LogP contribution < -0.4 is 11.1 Å². The number of nitrogens with two attached hydrogens (primary N) is 1. The fourth-order valence-corrected chi connectivity index (χ4v) is 1.19. The number of benzene rings is 1. The van der Waals surface area contributed by atoms with Crippen molar-refractivity contribution in [2.45, 2.75) is 6.92 Å². The van der Waals surface area contributed by atoms with Crippen molar-refractivity contribution >= 4 is 11.6 Å². The monoisotopic (exact) mass is 206 g/mol. The maximum atomic E-state index is 13.5. The van der Waals surface area contributed by atoms with E-state index in [9.17, 15) is 9.18 Å². The highest BCUT2D eigenvalue weighted by molar-refractivity contribution is 5.95. The third kappa shape index (κ3) is 2.47. The third-order valence-corrected chi connectivity index (χ3v) is 1.87. The van der Waals surface area contributed by atoms with Crippen molar-refractivity contribution in [1.29, 1.82) is 0 Å². The van der Waals surface area contributed by atoms with E-state index in [0.29, 0.717) is 11.3 Å². The molecule has 0 saturated heterocycles. The Morgan fingerprint density at radius 3 is 2.93 bits per heavy atom. The number of nitrogen functional groups attached to an aromatic ring is 1. The van der Waals surface area contributed by atoms with Crippen molar-refractivity contribution in [1.82, 2.24) is 5.32 Å². The molecule has 78 valence electrons. The molecule has 0 radical (unpaired) electrons. The number of anilines is 1. The number of hydrogen-bond acceptors (Lipinski definition) is 2. The standard InChI is InChI=1S/C11H11FN2O/c1-3-4-14-11(15)9-6-8(13)5-7(2)10(9)12/h1,5-6H,4,13H2,2H3,(H,14,15). The van der Waals surface area contributed by atoms with E-state index in [-0.39, 0.29) is 12.1 Å². The Kier molecular flexibility index (Phi) is 3.29. The van der Waals surface area contributed by atoms with Crippen LogP contribution in [0.1, 0.15) is 15.9 Å². The SMILES string of the molecule is C#CCNC(=O)c1cc(N)cc(C)c1F. The van der Waals surface area contributed by atoms with Gasteiger partial charge in [0.25, 0.3) is 5.91 Å². The number of carbonyl (C=O) groups is 1. The lowest BCUT2D eigenvalue weighted by Crippen LogP contribution is -2.25. The van der Waals surface area contributed by atoms with Crippen LogP contribution in [-0.2, 0) is 0 Å². The van der Waals surface area contributed by atoms with E-state index in [1.807, 2.05) is 0 Å². The van der Waals surface area contributed by atoms with Gasteiger partial charge in [-0.2, -0.15) is 0 Å². The van der Waals surface area contributed by atoms with Gasteiger partial charge >= 0.3 is 0 Å². The number of nitrogens with one attached hydrogen (secondary N) is 1. The molecule has 1 aromatic rings. The van der Waals surface area contributed by atoms with Gasteiger partial charge in [-0.1, -0.05) is 5.92 Å². The van der Waals surface area contributed by atoms with Crippen molar-refractivity contribution in [3.05, 3.63) is 29.1 Å².